The van der Waals surface area contributed by atoms with E-state index in [2.05, 4.69) is 30.2 Å². The Bertz CT molecular complexity index is 396. The predicted octanol–water partition coefficient (Wildman–Crippen LogP) is 2.83. The van der Waals surface area contributed by atoms with Crippen LogP contribution in [0.1, 0.15) is 26.7 Å². The van der Waals surface area contributed by atoms with Gasteiger partial charge in [-0.25, -0.2) is 4.98 Å². The summed E-state index contributed by atoms with van der Waals surface area (Å²) in [6.45, 7) is 5.07. The van der Waals surface area contributed by atoms with Crippen LogP contribution in [0, 0.1) is 16.7 Å². The number of hydrogen-bond acceptors (Lipinski definition) is 4. The van der Waals surface area contributed by atoms with Crippen LogP contribution in [0.2, 0.25) is 0 Å². The summed E-state index contributed by atoms with van der Waals surface area (Å²) in [7, 11) is 1.61. The molecule has 0 bridgehead atoms. The molecule has 1 rings (SSSR count). The summed E-state index contributed by atoms with van der Waals surface area (Å²) in [5.41, 5.74) is 0.969. The summed E-state index contributed by atoms with van der Waals surface area (Å²) in [4.78, 5) is 4.12. The van der Waals surface area contributed by atoms with E-state index in [1.807, 2.05) is 12.1 Å². The van der Waals surface area contributed by atoms with Gasteiger partial charge in [0.15, 0.2) is 0 Å². The number of hydrogen-bond donors (Lipinski definition) is 1. The number of nitrogens with zero attached hydrogens (tertiary/aromatic N) is 2. The molecule has 4 heteroatoms. The Morgan fingerprint density at radius 3 is 2.94 bits per heavy atom. The maximum atomic E-state index is 8.60. The molecule has 1 heterocycles. The van der Waals surface area contributed by atoms with Crippen molar-refractivity contribution in [1.29, 1.82) is 5.26 Å². The summed E-state index contributed by atoms with van der Waals surface area (Å²) in [6, 6.07) is 5.98. The van der Waals surface area contributed by atoms with Crippen LogP contribution in [0.3, 0.4) is 0 Å². The summed E-state index contributed by atoms with van der Waals surface area (Å²) in [6.07, 6.45) is 3.16. The molecular formula is C13H19N3O. The zero-order chi connectivity index (χ0) is 12.7. The summed E-state index contributed by atoms with van der Waals surface area (Å²) >= 11 is 0. The summed E-state index contributed by atoms with van der Waals surface area (Å²) in [5, 5.41) is 11.9. The number of nitriles is 1. The summed E-state index contributed by atoms with van der Waals surface area (Å²) < 4.78 is 5.17. The normalized spacial score (nSPS) is 10.7. The number of ether oxygens (including phenoxy) is 1. The van der Waals surface area contributed by atoms with Gasteiger partial charge in [0, 0.05) is 19.2 Å². The lowest BCUT2D eigenvalue weighted by Gasteiger charge is -2.24. The Morgan fingerprint density at radius 2 is 2.29 bits per heavy atom. The molecule has 0 saturated heterocycles. The number of anilines is 1. The van der Waals surface area contributed by atoms with E-state index in [1.165, 1.54) is 0 Å². The Hall–Kier alpha value is -1.76. The highest BCUT2D eigenvalue weighted by Crippen LogP contribution is 2.25. The van der Waals surface area contributed by atoms with E-state index >= 15 is 0 Å². The summed E-state index contributed by atoms with van der Waals surface area (Å²) in [5.74, 6) is 0.601. The minimum Gasteiger partial charge on any atom is -0.480 e. The fourth-order valence-electron chi connectivity index (χ4n) is 1.51. The molecule has 0 radical (unpaired) electrons. The van der Waals surface area contributed by atoms with Crippen molar-refractivity contribution in [3.05, 3.63) is 18.3 Å². The van der Waals surface area contributed by atoms with Gasteiger partial charge in [-0.15, -0.1) is 0 Å². The maximum Gasteiger partial charge on any atom is 0.237 e. The van der Waals surface area contributed by atoms with Crippen molar-refractivity contribution in [1.82, 2.24) is 4.98 Å². The molecule has 0 fully saturated rings. The van der Waals surface area contributed by atoms with E-state index < -0.39 is 0 Å². The molecule has 1 N–H and O–H groups in total. The van der Waals surface area contributed by atoms with Gasteiger partial charge < -0.3 is 10.1 Å². The monoisotopic (exact) mass is 233 g/mol. The Kier molecular flexibility index (Phi) is 4.77. The van der Waals surface area contributed by atoms with Crippen LogP contribution in [0.5, 0.6) is 5.88 Å². The third-order valence-corrected chi connectivity index (χ3v) is 2.64. The number of nitrogens with one attached hydrogen (secondary N) is 1. The average Bonchev–Trinajstić information content (AvgIpc) is 2.34. The van der Waals surface area contributed by atoms with Crippen molar-refractivity contribution in [3.8, 4) is 11.9 Å². The van der Waals surface area contributed by atoms with Gasteiger partial charge in [0.1, 0.15) is 0 Å². The molecule has 92 valence electrons. The van der Waals surface area contributed by atoms with E-state index in [1.54, 1.807) is 13.3 Å². The molecule has 0 aliphatic rings. The first-order chi connectivity index (χ1) is 8.09. The highest BCUT2D eigenvalue weighted by molar-refractivity contribution is 5.52. The minimum atomic E-state index is 0.0799. The number of aromatic nitrogens is 1. The zero-order valence-corrected chi connectivity index (χ0v) is 10.7. The van der Waals surface area contributed by atoms with Crippen molar-refractivity contribution >= 4 is 5.69 Å². The molecule has 17 heavy (non-hydrogen) atoms. The van der Waals surface area contributed by atoms with Gasteiger partial charge in [0.2, 0.25) is 5.88 Å². The number of rotatable bonds is 6. The lowest BCUT2D eigenvalue weighted by atomic mass is 9.88. The first-order valence-electron chi connectivity index (χ1n) is 5.69. The second-order valence-corrected chi connectivity index (χ2v) is 4.74. The SMILES string of the molecule is COc1ncccc1NCC(C)(C)CCC#N. The number of methoxy groups -OCH3 is 1. The molecule has 0 amide bonds. The highest BCUT2D eigenvalue weighted by atomic mass is 16.5. The highest BCUT2D eigenvalue weighted by Gasteiger charge is 2.17. The molecule has 0 unspecified atom stereocenters. The molecule has 1 aromatic rings. The van der Waals surface area contributed by atoms with Crippen molar-refractivity contribution in [2.75, 3.05) is 19.0 Å². The molecule has 0 saturated carbocycles. The molecule has 4 nitrogen and oxygen atoms in total. The lowest BCUT2D eigenvalue weighted by Crippen LogP contribution is -2.23. The minimum absolute atomic E-state index is 0.0799. The van der Waals surface area contributed by atoms with Crippen LogP contribution in [-0.4, -0.2) is 18.6 Å². The van der Waals surface area contributed by atoms with Gasteiger partial charge in [-0.05, 0) is 24.0 Å². The van der Waals surface area contributed by atoms with E-state index in [9.17, 15) is 0 Å². The third kappa shape index (κ3) is 4.31. The largest absolute Gasteiger partial charge is 0.480 e. The molecular weight excluding hydrogens is 214 g/mol. The standard InChI is InChI=1S/C13H19N3O/c1-13(2,7-5-8-14)10-16-11-6-4-9-15-12(11)17-3/h4,6,9,16H,5,7,10H2,1-3H3. The van der Waals surface area contributed by atoms with Crippen LogP contribution in [0.15, 0.2) is 18.3 Å². The van der Waals surface area contributed by atoms with E-state index in [0.29, 0.717) is 12.3 Å². The van der Waals surface area contributed by atoms with Crippen molar-refractivity contribution in [3.63, 3.8) is 0 Å². The fraction of sp³-hybridized carbons (Fsp3) is 0.538. The van der Waals surface area contributed by atoms with Gasteiger partial charge in [-0.2, -0.15) is 5.26 Å². The van der Waals surface area contributed by atoms with E-state index in [0.717, 1.165) is 18.7 Å². The lowest BCUT2D eigenvalue weighted by molar-refractivity contribution is 0.361. The fourth-order valence-corrected chi connectivity index (χ4v) is 1.51. The van der Waals surface area contributed by atoms with Gasteiger partial charge in [0.05, 0.1) is 18.9 Å². The van der Waals surface area contributed by atoms with Crippen LogP contribution < -0.4 is 10.1 Å². The van der Waals surface area contributed by atoms with Crippen molar-refractivity contribution in [2.45, 2.75) is 26.7 Å². The van der Waals surface area contributed by atoms with Gasteiger partial charge in [0.25, 0.3) is 0 Å². The molecule has 0 aliphatic carbocycles. The van der Waals surface area contributed by atoms with Crippen molar-refractivity contribution < 1.29 is 4.74 Å². The molecule has 0 atom stereocenters. The second-order valence-electron chi connectivity index (χ2n) is 4.74. The zero-order valence-electron chi connectivity index (χ0n) is 10.7. The Balaban J connectivity index is 2.58. The smallest absolute Gasteiger partial charge is 0.237 e. The molecule has 0 aromatic carbocycles. The van der Waals surface area contributed by atoms with E-state index in [-0.39, 0.29) is 5.41 Å². The first-order valence-corrected chi connectivity index (χ1v) is 5.69. The van der Waals surface area contributed by atoms with Crippen LogP contribution in [0.25, 0.3) is 0 Å². The van der Waals surface area contributed by atoms with E-state index in [4.69, 9.17) is 10.00 Å². The second kappa shape index (κ2) is 6.09. The first kappa shape index (κ1) is 13.3. The van der Waals surface area contributed by atoms with Gasteiger partial charge in [-0.3, -0.25) is 0 Å². The van der Waals surface area contributed by atoms with Gasteiger partial charge >= 0.3 is 0 Å². The molecule has 1 aromatic heterocycles. The Labute approximate surface area is 103 Å². The van der Waals surface area contributed by atoms with Crippen LogP contribution in [-0.2, 0) is 0 Å². The van der Waals surface area contributed by atoms with Crippen molar-refractivity contribution in [2.24, 2.45) is 5.41 Å². The number of pyridine rings is 1. The molecule has 0 aliphatic heterocycles. The maximum absolute atomic E-state index is 8.60. The third-order valence-electron chi connectivity index (χ3n) is 2.64. The predicted molar refractivity (Wildman–Crippen MR) is 67.9 cm³/mol. The Morgan fingerprint density at radius 1 is 1.53 bits per heavy atom. The average molecular weight is 233 g/mol. The molecule has 0 spiro atoms. The van der Waals surface area contributed by atoms with Crippen LogP contribution in [0.4, 0.5) is 5.69 Å². The van der Waals surface area contributed by atoms with Crippen LogP contribution >= 0.6 is 0 Å². The van der Waals surface area contributed by atoms with Gasteiger partial charge in [-0.1, -0.05) is 13.8 Å². The quantitative estimate of drug-likeness (QED) is 0.820. The topological polar surface area (TPSA) is 57.9 Å².